The third-order valence-electron chi connectivity index (χ3n) is 2.14. The summed E-state index contributed by atoms with van der Waals surface area (Å²) < 4.78 is 0.918. The summed E-state index contributed by atoms with van der Waals surface area (Å²) in [4.78, 5) is 0. The molecular weight excluding hydrogens is 289 g/mol. The normalized spacial score (nSPS) is 13.9. The average molecular weight is 307 g/mol. The Balaban J connectivity index is 2.73. The summed E-state index contributed by atoms with van der Waals surface area (Å²) in [6.07, 6.45) is -0.593. The number of aliphatic hydroxyl groups excluding tert-OH is 1. The highest BCUT2D eigenvalue weighted by atomic mass is 79.9. The van der Waals surface area contributed by atoms with Crippen molar-refractivity contribution in [3.63, 3.8) is 0 Å². The second kappa shape index (κ2) is 5.50. The van der Waals surface area contributed by atoms with Crippen LogP contribution in [0.15, 0.2) is 22.7 Å². The fourth-order valence-corrected chi connectivity index (χ4v) is 1.91. The Morgan fingerprint density at radius 3 is 2.62 bits per heavy atom. The SMILES string of the molecule is CC(C)(C)NCC(O)c1cc(Br)ccc1Cl. The molecule has 0 aliphatic rings. The highest BCUT2D eigenvalue weighted by molar-refractivity contribution is 9.10. The van der Waals surface area contributed by atoms with E-state index in [2.05, 4.69) is 42.0 Å². The van der Waals surface area contributed by atoms with Crippen LogP contribution in [-0.4, -0.2) is 17.2 Å². The number of benzene rings is 1. The smallest absolute Gasteiger partial charge is 0.0929 e. The summed E-state index contributed by atoms with van der Waals surface area (Å²) in [6.45, 7) is 6.66. The third kappa shape index (κ3) is 4.42. The Morgan fingerprint density at radius 1 is 1.44 bits per heavy atom. The summed E-state index contributed by atoms with van der Waals surface area (Å²) >= 11 is 9.40. The van der Waals surface area contributed by atoms with Gasteiger partial charge in [0, 0.05) is 27.1 Å². The van der Waals surface area contributed by atoms with Crippen LogP contribution < -0.4 is 5.32 Å². The number of rotatable bonds is 3. The molecule has 2 N–H and O–H groups in total. The maximum Gasteiger partial charge on any atom is 0.0929 e. The van der Waals surface area contributed by atoms with Gasteiger partial charge in [-0.15, -0.1) is 0 Å². The second-order valence-electron chi connectivity index (χ2n) is 4.81. The van der Waals surface area contributed by atoms with Gasteiger partial charge in [0.1, 0.15) is 0 Å². The molecule has 1 aromatic rings. The molecule has 0 aromatic heterocycles. The molecule has 4 heteroatoms. The van der Waals surface area contributed by atoms with Gasteiger partial charge < -0.3 is 10.4 Å². The first-order valence-corrected chi connectivity index (χ1v) is 6.35. The molecule has 0 amide bonds. The van der Waals surface area contributed by atoms with Crippen LogP contribution in [0.2, 0.25) is 5.02 Å². The molecule has 0 fully saturated rings. The standard InChI is InChI=1S/C12H17BrClNO/c1-12(2,3)15-7-11(16)9-6-8(13)4-5-10(9)14/h4-6,11,15-16H,7H2,1-3H3. The maximum absolute atomic E-state index is 10.0. The monoisotopic (exact) mass is 305 g/mol. The maximum atomic E-state index is 10.0. The topological polar surface area (TPSA) is 32.3 Å². The summed E-state index contributed by atoms with van der Waals surface area (Å²) in [5, 5.41) is 13.9. The van der Waals surface area contributed by atoms with Gasteiger partial charge in [0.15, 0.2) is 0 Å². The lowest BCUT2D eigenvalue weighted by Crippen LogP contribution is -2.38. The van der Waals surface area contributed by atoms with Gasteiger partial charge in [0.05, 0.1) is 6.10 Å². The Bertz CT molecular complexity index is 363. The number of hydrogen-bond acceptors (Lipinski definition) is 2. The summed E-state index contributed by atoms with van der Waals surface area (Å²) in [5.74, 6) is 0. The van der Waals surface area contributed by atoms with Crippen LogP contribution in [0.25, 0.3) is 0 Å². The highest BCUT2D eigenvalue weighted by Crippen LogP contribution is 2.26. The van der Waals surface area contributed by atoms with Gasteiger partial charge in [-0.1, -0.05) is 27.5 Å². The summed E-state index contributed by atoms with van der Waals surface area (Å²) in [7, 11) is 0. The van der Waals surface area contributed by atoms with Gasteiger partial charge in [-0.05, 0) is 39.0 Å². The summed E-state index contributed by atoms with van der Waals surface area (Å²) in [5.41, 5.74) is 0.729. The number of hydrogen-bond donors (Lipinski definition) is 2. The number of aliphatic hydroxyl groups is 1. The third-order valence-corrected chi connectivity index (χ3v) is 2.98. The average Bonchev–Trinajstić information content (AvgIpc) is 2.17. The zero-order valence-electron chi connectivity index (χ0n) is 9.72. The van der Waals surface area contributed by atoms with Gasteiger partial charge in [-0.3, -0.25) is 0 Å². The Morgan fingerprint density at radius 2 is 2.06 bits per heavy atom. The molecule has 0 heterocycles. The van der Waals surface area contributed by atoms with Gasteiger partial charge >= 0.3 is 0 Å². The minimum atomic E-state index is -0.593. The number of nitrogens with one attached hydrogen (secondary N) is 1. The molecule has 0 aliphatic heterocycles. The predicted molar refractivity (Wildman–Crippen MR) is 71.9 cm³/mol. The van der Waals surface area contributed by atoms with E-state index in [1.807, 2.05) is 12.1 Å². The molecule has 1 aromatic carbocycles. The van der Waals surface area contributed by atoms with Gasteiger partial charge in [0.25, 0.3) is 0 Å². The lowest BCUT2D eigenvalue weighted by molar-refractivity contribution is 0.163. The molecule has 1 rings (SSSR count). The van der Waals surface area contributed by atoms with E-state index in [0.29, 0.717) is 11.6 Å². The van der Waals surface area contributed by atoms with E-state index in [4.69, 9.17) is 11.6 Å². The van der Waals surface area contributed by atoms with Crippen LogP contribution in [0.1, 0.15) is 32.4 Å². The van der Waals surface area contributed by atoms with Crippen LogP contribution in [0.5, 0.6) is 0 Å². The van der Waals surface area contributed by atoms with Crippen LogP contribution in [0.3, 0.4) is 0 Å². The van der Waals surface area contributed by atoms with Crippen LogP contribution in [-0.2, 0) is 0 Å². The molecule has 16 heavy (non-hydrogen) atoms. The zero-order chi connectivity index (χ0) is 12.3. The molecular formula is C12H17BrClNO. The molecule has 0 aliphatic carbocycles. The van der Waals surface area contributed by atoms with Crippen molar-refractivity contribution in [2.75, 3.05) is 6.54 Å². The van der Waals surface area contributed by atoms with E-state index < -0.39 is 6.10 Å². The quantitative estimate of drug-likeness (QED) is 0.895. The summed E-state index contributed by atoms with van der Waals surface area (Å²) in [6, 6.07) is 5.48. The molecule has 0 saturated heterocycles. The van der Waals surface area contributed by atoms with Crippen LogP contribution in [0.4, 0.5) is 0 Å². The number of β-amino-alcohol motifs (C(OH)–C–C–N with tert-alkyl or cyclic N) is 1. The molecule has 90 valence electrons. The Labute approximate surface area is 110 Å². The lowest BCUT2D eigenvalue weighted by Gasteiger charge is -2.23. The lowest BCUT2D eigenvalue weighted by atomic mass is 10.1. The van der Waals surface area contributed by atoms with Crippen molar-refractivity contribution in [3.8, 4) is 0 Å². The Kier molecular flexibility index (Phi) is 4.80. The van der Waals surface area contributed by atoms with Gasteiger partial charge in [0.2, 0.25) is 0 Å². The molecule has 0 bridgehead atoms. The van der Waals surface area contributed by atoms with E-state index in [1.165, 1.54) is 0 Å². The van der Waals surface area contributed by atoms with E-state index >= 15 is 0 Å². The Hall–Kier alpha value is -0.0900. The van der Waals surface area contributed by atoms with Crippen molar-refractivity contribution in [1.29, 1.82) is 0 Å². The molecule has 0 radical (unpaired) electrons. The fourth-order valence-electron chi connectivity index (χ4n) is 1.28. The fraction of sp³-hybridized carbons (Fsp3) is 0.500. The molecule has 1 atom stereocenters. The molecule has 2 nitrogen and oxygen atoms in total. The van der Waals surface area contributed by atoms with Crippen LogP contribution >= 0.6 is 27.5 Å². The van der Waals surface area contributed by atoms with Crippen molar-refractivity contribution in [2.24, 2.45) is 0 Å². The van der Waals surface area contributed by atoms with Crippen molar-refractivity contribution in [1.82, 2.24) is 5.32 Å². The molecule has 1 unspecified atom stereocenters. The van der Waals surface area contributed by atoms with Crippen molar-refractivity contribution >= 4 is 27.5 Å². The second-order valence-corrected chi connectivity index (χ2v) is 6.14. The van der Waals surface area contributed by atoms with E-state index in [-0.39, 0.29) is 5.54 Å². The number of halogens is 2. The van der Waals surface area contributed by atoms with E-state index in [1.54, 1.807) is 6.07 Å². The van der Waals surface area contributed by atoms with Gasteiger partial charge in [-0.2, -0.15) is 0 Å². The predicted octanol–water partition coefficient (Wildman–Crippen LogP) is 3.52. The first-order chi connectivity index (χ1) is 7.29. The molecule has 0 spiro atoms. The minimum absolute atomic E-state index is 0.0144. The largest absolute Gasteiger partial charge is 0.387 e. The van der Waals surface area contributed by atoms with E-state index in [9.17, 15) is 5.11 Å². The van der Waals surface area contributed by atoms with E-state index in [0.717, 1.165) is 10.0 Å². The zero-order valence-corrected chi connectivity index (χ0v) is 12.1. The van der Waals surface area contributed by atoms with Gasteiger partial charge in [-0.25, -0.2) is 0 Å². The van der Waals surface area contributed by atoms with Crippen molar-refractivity contribution in [3.05, 3.63) is 33.3 Å². The molecule has 0 saturated carbocycles. The minimum Gasteiger partial charge on any atom is -0.387 e. The van der Waals surface area contributed by atoms with Crippen molar-refractivity contribution < 1.29 is 5.11 Å². The van der Waals surface area contributed by atoms with Crippen LogP contribution in [0, 0.1) is 0 Å². The highest BCUT2D eigenvalue weighted by Gasteiger charge is 2.15. The first kappa shape index (κ1) is 14.0. The first-order valence-electron chi connectivity index (χ1n) is 5.17. The van der Waals surface area contributed by atoms with Crippen molar-refractivity contribution in [2.45, 2.75) is 32.4 Å².